The second-order valence-electron chi connectivity index (χ2n) is 3.84. The number of hydrogen-bond donors (Lipinski definition) is 1. The molecular formula is C11H14BrN. The van der Waals surface area contributed by atoms with Gasteiger partial charge in [-0.25, -0.2) is 0 Å². The second kappa shape index (κ2) is 3.43. The molecule has 1 nitrogen and oxygen atoms in total. The fourth-order valence-electron chi connectivity index (χ4n) is 1.90. The maximum Gasteiger partial charge on any atom is 0.0178 e. The van der Waals surface area contributed by atoms with Crippen molar-refractivity contribution in [3.05, 3.63) is 33.8 Å². The van der Waals surface area contributed by atoms with E-state index in [0.29, 0.717) is 0 Å². The molecule has 0 radical (unpaired) electrons. The third-order valence-corrected chi connectivity index (χ3v) is 3.36. The zero-order valence-electron chi connectivity index (χ0n) is 7.76. The fourth-order valence-corrected chi connectivity index (χ4v) is 2.28. The summed E-state index contributed by atoms with van der Waals surface area (Å²) in [5.41, 5.74) is 8.51. The first-order valence-corrected chi connectivity index (χ1v) is 5.48. The molecule has 70 valence electrons. The highest BCUT2D eigenvalue weighted by molar-refractivity contribution is 9.10. The minimum absolute atomic E-state index is 0.725. The van der Waals surface area contributed by atoms with Crippen molar-refractivity contribution in [2.24, 2.45) is 11.7 Å². The van der Waals surface area contributed by atoms with Crippen LogP contribution in [0.15, 0.2) is 22.7 Å². The van der Waals surface area contributed by atoms with Gasteiger partial charge < -0.3 is 5.73 Å². The molecule has 1 aromatic carbocycles. The molecule has 2 heteroatoms. The van der Waals surface area contributed by atoms with Gasteiger partial charge in [0, 0.05) is 4.47 Å². The first-order valence-electron chi connectivity index (χ1n) is 4.68. The molecule has 2 N–H and O–H groups in total. The van der Waals surface area contributed by atoms with Gasteiger partial charge in [-0.1, -0.05) is 22.0 Å². The maximum absolute atomic E-state index is 5.64. The molecule has 13 heavy (non-hydrogen) atoms. The molecule has 0 heterocycles. The Morgan fingerprint density at radius 2 is 2.31 bits per heavy atom. The van der Waals surface area contributed by atoms with Crippen LogP contribution in [-0.2, 0) is 0 Å². The fraction of sp³-hybridized carbons (Fsp3) is 0.455. The van der Waals surface area contributed by atoms with Crippen LogP contribution in [-0.4, -0.2) is 6.54 Å². The van der Waals surface area contributed by atoms with E-state index in [4.69, 9.17) is 5.73 Å². The summed E-state index contributed by atoms with van der Waals surface area (Å²) in [6.07, 6.45) is 1.27. The number of nitrogens with two attached hydrogens (primary N) is 1. The Labute approximate surface area is 87.5 Å². The maximum atomic E-state index is 5.64. The summed E-state index contributed by atoms with van der Waals surface area (Å²) < 4.78 is 1.18. The molecular weight excluding hydrogens is 226 g/mol. The molecule has 1 aromatic rings. The first kappa shape index (κ1) is 9.22. The number of halogens is 1. The summed E-state index contributed by atoms with van der Waals surface area (Å²) in [6.45, 7) is 3.00. The lowest BCUT2D eigenvalue weighted by Crippen LogP contribution is -2.02. The van der Waals surface area contributed by atoms with Crippen molar-refractivity contribution in [1.82, 2.24) is 0 Å². The highest BCUT2D eigenvalue weighted by atomic mass is 79.9. The first-order chi connectivity index (χ1) is 6.22. The zero-order chi connectivity index (χ0) is 9.42. The van der Waals surface area contributed by atoms with E-state index < -0.39 is 0 Å². The van der Waals surface area contributed by atoms with Gasteiger partial charge in [0.25, 0.3) is 0 Å². The Kier molecular flexibility index (Phi) is 2.43. The van der Waals surface area contributed by atoms with Crippen molar-refractivity contribution in [1.29, 1.82) is 0 Å². The Bertz CT molecular complexity index is 322. The molecule has 0 unspecified atom stereocenters. The van der Waals surface area contributed by atoms with Gasteiger partial charge in [-0.15, -0.1) is 0 Å². The third kappa shape index (κ3) is 1.79. The predicted molar refractivity (Wildman–Crippen MR) is 58.8 cm³/mol. The van der Waals surface area contributed by atoms with Crippen LogP contribution in [0.3, 0.4) is 0 Å². The van der Waals surface area contributed by atoms with Crippen LogP contribution in [0.4, 0.5) is 0 Å². The van der Waals surface area contributed by atoms with Crippen LogP contribution in [0.25, 0.3) is 0 Å². The summed E-state index contributed by atoms with van der Waals surface area (Å²) in [7, 11) is 0. The van der Waals surface area contributed by atoms with Gasteiger partial charge in [-0.3, -0.25) is 0 Å². The van der Waals surface area contributed by atoms with Gasteiger partial charge in [0.15, 0.2) is 0 Å². The van der Waals surface area contributed by atoms with Crippen molar-refractivity contribution in [3.63, 3.8) is 0 Å². The molecule has 2 rings (SSSR count). The van der Waals surface area contributed by atoms with Crippen molar-refractivity contribution >= 4 is 15.9 Å². The molecule has 0 bridgehead atoms. The van der Waals surface area contributed by atoms with Crippen LogP contribution >= 0.6 is 15.9 Å². The SMILES string of the molecule is Cc1ccc(Br)cc1[C@@H]1C[C@H]1CN. The van der Waals surface area contributed by atoms with E-state index >= 15 is 0 Å². The Morgan fingerprint density at radius 1 is 1.54 bits per heavy atom. The van der Waals surface area contributed by atoms with Gasteiger partial charge in [0.05, 0.1) is 0 Å². The Hall–Kier alpha value is -0.340. The van der Waals surface area contributed by atoms with Crippen molar-refractivity contribution in [3.8, 4) is 0 Å². The van der Waals surface area contributed by atoms with Crippen molar-refractivity contribution in [2.45, 2.75) is 19.3 Å². The van der Waals surface area contributed by atoms with E-state index in [1.165, 1.54) is 22.0 Å². The predicted octanol–water partition coefficient (Wildman–Crippen LogP) is 2.82. The minimum atomic E-state index is 0.725. The molecule has 1 aliphatic carbocycles. The van der Waals surface area contributed by atoms with Crippen molar-refractivity contribution in [2.75, 3.05) is 6.54 Å². The zero-order valence-corrected chi connectivity index (χ0v) is 9.34. The summed E-state index contributed by atoms with van der Waals surface area (Å²) in [4.78, 5) is 0. The average Bonchev–Trinajstić information content (AvgIpc) is 2.88. The van der Waals surface area contributed by atoms with Crippen LogP contribution in [0.1, 0.15) is 23.5 Å². The molecule has 2 atom stereocenters. The molecule has 1 saturated carbocycles. The lowest BCUT2D eigenvalue weighted by Gasteiger charge is -2.05. The summed E-state index contributed by atoms with van der Waals surface area (Å²) in [5, 5.41) is 0. The molecule has 0 aromatic heterocycles. The van der Waals surface area contributed by atoms with E-state index in [-0.39, 0.29) is 0 Å². The van der Waals surface area contributed by atoms with Crippen LogP contribution in [0.5, 0.6) is 0 Å². The van der Waals surface area contributed by atoms with Gasteiger partial charge in [0.1, 0.15) is 0 Å². The van der Waals surface area contributed by atoms with Gasteiger partial charge in [-0.05, 0) is 55.0 Å². The highest BCUT2D eigenvalue weighted by Crippen LogP contribution is 2.48. The lowest BCUT2D eigenvalue weighted by atomic mass is 10.0. The standard InChI is InChI=1S/C11H14BrN/c1-7-2-3-9(12)5-10(7)11-4-8(11)6-13/h2-3,5,8,11H,4,6,13H2,1H3/t8-,11+/m0/s1. The van der Waals surface area contributed by atoms with Crippen LogP contribution in [0.2, 0.25) is 0 Å². The quantitative estimate of drug-likeness (QED) is 0.845. The van der Waals surface area contributed by atoms with Crippen LogP contribution in [0, 0.1) is 12.8 Å². The molecule has 0 saturated heterocycles. The molecule has 1 aliphatic rings. The number of hydrogen-bond acceptors (Lipinski definition) is 1. The highest BCUT2D eigenvalue weighted by Gasteiger charge is 2.37. The molecule has 0 spiro atoms. The smallest absolute Gasteiger partial charge is 0.0178 e. The third-order valence-electron chi connectivity index (χ3n) is 2.87. The van der Waals surface area contributed by atoms with E-state index in [0.717, 1.165) is 18.4 Å². The lowest BCUT2D eigenvalue weighted by molar-refractivity contribution is 0.807. The summed E-state index contributed by atoms with van der Waals surface area (Å²) in [6, 6.07) is 6.50. The van der Waals surface area contributed by atoms with Gasteiger partial charge in [-0.2, -0.15) is 0 Å². The summed E-state index contributed by atoms with van der Waals surface area (Å²) >= 11 is 3.50. The van der Waals surface area contributed by atoms with Gasteiger partial charge >= 0.3 is 0 Å². The number of aryl methyl sites for hydroxylation is 1. The summed E-state index contributed by atoms with van der Waals surface area (Å²) in [5.74, 6) is 1.45. The number of rotatable bonds is 2. The number of benzene rings is 1. The molecule has 0 amide bonds. The minimum Gasteiger partial charge on any atom is -0.330 e. The second-order valence-corrected chi connectivity index (χ2v) is 4.75. The van der Waals surface area contributed by atoms with E-state index in [2.05, 4.69) is 41.1 Å². The monoisotopic (exact) mass is 239 g/mol. The topological polar surface area (TPSA) is 26.0 Å². The van der Waals surface area contributed by atoms with Crippen LogP contribution < -0.4 is 5.73 Å². The van der Waals surface area contributed by atoms with E-state index in [1.807, 2.05) is 0 Å². The normalized spacial score (nSPS) is 26.1. The average molecular weight is 240 g/mol. The van der Waals surface area contributed by atoms with E-state index in [9.17, 15) is 0 Å². The van der Waals surface area contributed by atoms with E-state index in [1.54, 1.807) is 0 Å². The largest absolute Gasteiger partial charge is 0.330 e. The Balaban J connectivity index is 2.25. The Morgan fingerprint density at radius 3 is 2.92 bits per heavy atom. The molecule has 1 fully saturated rings. The molecule has 0 aliphatic heterocycles. The van der Waals surface area contributed by atoms with Gasteiger partial charge in [0.2, 0.25) is 0 Å². The van der Waals surface area contributed by atoms with Crippen molar-refractivity contribution < 1.29 is 0 Å².